The normalized spacial score (nSPS) is 26.7. The van der Waals surface area contributed by atoms with Gasteiger partial charge in [0.25, 0.3) is 0 Å². The monoisotopic (exact) mass is 206 g/mol. The third-order valence-electron chi connectivity index (χ3n) is 2.87. The summed E-state index contributed by atoms with van der Waals surface area (Å²) in [6.45, 7) is 3.77. The number of rotatable bonds is 3. The maximum Gasteiger partial charge on any atom is 0.119 e. The molecular weight excluding hydrogens is 186 g/mol. The second-order valence-electron chi connectivity index (χ2n) is 4.50. The Morgan fingerprint density at radius 2 is 1.93 bits per heavy atom. The van der Waals surface area contributed by atoms with Crippen LogP contribution in [0.2, 0.25) is 0 Å². The Bertz CT molecular complexity index is 349. The van der Waals surface area contributed by atoms with Gasteiger partial charge in [-0.2, -0.15) is 0 Å². The molecule has 1 aromatic rings. The van der Waals surface area contributed by atoms with Gasteiger partial charge in [-0.25, -0.2) is 0 Å². The molecular formula is C13H19NO. The van der Waals surface area contributed by atoms with E-state index < -0.39 is 5.89 Å². The molecule has 1 aliphatic rings. The van der Waals surface area contributed by atoms with E-state index in [0.29, 0.717) is 6.04 Å². The van der Waals surface area contributed by atoms with Crippen molar-refractivity contribution in [3.63, 3.8) is 0 Å². The van der Waals surface area contributed by atoms with Crippen LogP contribution < -0.4 is 10.5 Å². The summed E-state index contributed by atoms with van der Waals surface area (Å²) < 4.78 is 13.6. The third kappa shape index (κ3) is 2.51. The molecule has 2 nitrogen and oxygen atoms in total. The molecule has 1 fully saturated rings. The van der Waals surface area contributed by atoms with Crippen LogP contribution in [-0.4, -0.2) is 12.1 Å². The average molecular weight is 206 g/mol. The summed E-state index contributed by atoms with van der Waals surface area (Å²) in [6.07, 6.45) is 2.18. The second kappa shape index (κ2) is 4.23. The van der Waals surface area contributed by atoms with Crippen molar-refractivity contribution in [2.75, 3.05) is 0 Å². The second-order valence-corrected chi connectivity index (χ2v) is 4.50. The van der Waals surface area contributed by atoms with Crippen LogP contribution in [0, 0.1) is 0 Å². The Labute approximate surface area is 92.8 Å². The minimum atomic E-state index is -0.544. The Kier molecular flexibility index (Phi) is 2.60. The molecule has 0 unspecified atom stereocenters. The van der Waals surface area contributed by atoms with Gasteiger partial charge in [0.1, 0.15) is 11.9 Å². The predicted octanol–water partition coefficient (Wildman–Crippen LogP) is 2.68. The van der Waals surface area contributed by atoms with Crippen LogP contribution in [0.25, 0.3) is 0 Å². The van der Waals surface area contributed by atoms with Crippen molar-refractivity contribution in [1.29, 1.82) is 0 Å². The van der Waals surface area contributed by atoms with Gasteiger partial charge >= 0.3 is 0 Å². The molecule has 1 aromatic carbocycles. The van der Waals surface area contributed by atoms with Gasteiger partial charge < -0.3 is 10.5 Å². The molecule has 1 saturated carbocycles. The van der Waals surface area contributed by atoms with Gasteiger partial charge in [0.2, 0.25) is 0 Å². The Balaban J connectivity index is 1.97. The molecule has 1 aliphatic carbocycles. The van der Waals surface area contributed by atoms with Crippen molar-refractivity contribution in [3.8, 4) is 5.75 Å². The number of benzene rings is 1. The molecule has 0 saturated heterocycles. The van der Waals surface area contributed by atoms with Crippen molar-refractivity contribution in [2.24, 2.45) is 5.73 Å². The maximum absolute atomic E-state index is 7.90. The maximum atomic E-state index is 7.90. The number of hydrogen-bond donors (Lipinski definition) is 1. The topological polar surface area (TPSA) is 35.2 Å². The fraction of sp³-hybridized carbons (Fsp3) is 0.538. The molecule has 2 rings (SSSR count). The molecule has 0 radical (unpaired) electrons. The van der Waals surface area contributed by atoms with Crippen LogP contribution >= 0.6 is 0 Å². The zero-order valence-corrected chi connectivity index (χ0v) is 9.36. The molecule has 0 aliphatic heterocycles. The van der Waals surface area contributed by atoms with Gasteiger partial charge in [0, 0.05) is 7.41 Å². The van der Waals surface area contributed by atoms with Gasteiger partial charge in [-0.3, -0.25) is 0 Å². The predicted molar refractivity (Wildman–Crippen MR) is 62.2 cm³/mol. The van der Waals surface area contributed by atoms with E-state index in [1.165, 1.54) is 0 Å². The lowest BCUT2D eigenvalue weighted by Gasteiger charge is -2.32. The summed E-state index contributed by atoms with van der Waals surface area (Å²) in [5.74, 6) is 0.335. The van der Waals surface area contributed by atoms with Crippen LogP contribution in [0.4, 0.5) is 0 Å². The highest BCUT2D eigenvalue weighted by atomic mass is 16.5. The molecule has 0 bridgehead atoms. The lowest BCUT2D eigenvalue weighted by molar-refractivity contribution is 0.101. The largest absolute Gasteiger partial charge is 0.490 e. The fourth-order valence-electron chi connectivity index (χ4n) is 1.76. The van der Waals surface area contributed by atoms with Crippen LogP contribution in [-0.2, 0) is 0 Å². The van der Waals surface area contributed by atoms with E-state index in [9.17, 15) is 0 Å². The molecule has 0 heterocycles. The lowest BCUT2D eigenvalue weighted by Crippen LogP contribution is -2.43. The van der Waals surface area contributed by atoms with Crippen molar-refractivity contribution in [3.05, 3.63) is 29.8 Å². The zero-order chi connectivity index (χ0) is 11.8. The minimum absolute atomic E-state index is 0.282. The Hall–Kier alpha value is -1.02. The standard InChI is InChI=1S/C13H19NO/c1-9(2)10-3-5-12(6-4-10)15-13-7-11(14)8-13/h3-6,9,11,13H,7-8,14H2,1-2H3/i9D. The van der Waals surface area contributed by atoms with Gasteiger partial charge in [-0.1, -0.05) is 26.0 Å². The molecule has 0 amide bonds. The Morgan fingerprint density at radius 3 is 2.40 bits per heavy atom. The summed E-state index contributed by atoms with van der Waals surface area (Å²) in [5, 5.41) is 0. The third-order valence-corrected chi connectivity index (χ3v) is 2.87. The van der Waals surface area contributed by atoms with E-state index >= 15 is 0 Å². The first-order chi connectivity index (χ1) is 7.45. The van der Waals surface area contributed by atoms with Crippen LogP contribution in [0.1, 0.15) is 39.5 Å². The van der Waals surface area contributed by atoms with Crippen LogP contribution in [0.3, 0.4) is 0 Å². The highest BCUT2D eigenvalue weighted by molar-refractivity contribution is 5.29. The van der Waals surface area contributed by atoms with Crippen LogP contribution in [0.5, 0.6) is 5.75 Å². The summed E-state index contributed by atoms with van der Waals surface area (Å²) in [5.41, 5.74) is 6.70. The summed E-state index contributed by atoms with van der Waals surface area (Å²) in [6, 6.07) is 8.11. The molecule has 0 aromatic heterocycles. The van der Waals surface area contributed by atoms with E-state index in [0.717, 1.165) is 24.2 Å². The first kappa shape index (κ1) is 9.22. The average Bonchev–Trinajstić information content (AvgIpc) is 2.15. The van der Waals surface area contributed by atoms with E-state index in [2.05, 4.69) is 0 Å². The molecule has 0 spiro atoms. The van der Waals surface area contributed by atoms with Crippen molar-refractivity contribution in [1.82, 2.24) is 0 Å². The molecule has 0 atom stereocenters. The van der Waals surface area contributed by atoms with Crippen molar-refractivity contribution < 1.29 is 6.11 Å². The molecule has 82 valence electrons. The fourth-order valence-corrected chi connectivity index (χ4v) is 1.76. The summed E-state index contributed by atoms with van der Waals surface area (Å²) >= 11 is 0. The van der Waals surface area contributed by atoms with E-state index in [1.807, 2.05) is 38.1 Å². The quantitative estimate of drug-likeness (QED) is 0.825. The van der Waals surface area contributed by atoms with E-state index in [1.54, 1.807) is 0 Å². The lowest BCUT2D eigenvalue weighted by atomic mass is 9.90. The summed E-state index contributed by atoms with van der Waals surface area (Å²) in [7, 11) is 0. The van der Waals surface area contributed by atoms with Crippen molar-refractivity contribution in [2.45, 2.75) is 44.7 Å². The van der Waals surface area contributed by atoms with Gasteiger partial charge in [0.05, 0.1) is 0 Å². The SMILES string of the molecule is [2H]C(C)(C)c1ccc(OC2CC(N)C2)cc1. The summed E-state index contributed by atoms with van der Waals surface area (Å²) in [4.78, 5) is 0. The number of ether oxygens (including phenoxy) is 1. The Morgan fingerprint density at radius 1 is 1.33 bits per heavy atom. The van der Waals surface area contributed by atoms with Gasteiger partial charge in [-0.15, -0.1) is 0 Å². The minimum Gasteiger partial charge on any atom is -0.490 e. The first-order valence-corrected chi connectivity index (χ1v) is 5.48. The highest BCUT2D eigenvalue weighted by Crippen LogP contribution is 2.25. The highest BCUT2D eigenvalue weighted by Gasteiger charge is 2.27. The smallest absolute Gasteiger partial charge is 0.119 e. The van der Waals surface area contributed by atoms with E-state index in [4.69, 9.17) is 11.8 Å². The molecule has 2 N–H and O–H groups in total. The first-order valence-electron chi connectivity index (χ1n) is 5.98. The van der Waals surface area contributed by atoms with E-state index in [-0.39, 0.29) is 6.10 Å². The van der Waals surface area contributed by atoms with Gasteiger partial charge in [-0.05, 0) is 36.4 Å². The number of hydrogen-bond acceptors (Lipinski definition) is 2. The molecule has 15 heavy (non-hydrogen) atoms. The zero-order valence-electron chi connectivity index (χ0n) is 10.4. The van der Waals surface area contributed by atoms with Crippen molar-refractivity contribution >= 4 is 0 Å². The molecule has 2 heteroatoms. The van der Waals surface area contributed by atoms with Crippen LogP contribution in [0.15, 0.2) is 24.3 Å². The number of nitrogens with two attached hydrogens (primary N) is 1. The van der Waals surface area contributed by atoms with Gasteiger partial charge in [0.15, 0.2) is 0 Å².